The standard InChI is InChI=1S/C14H17Cl2N3O/c15-11-4-3-9(6-12(11)16)13-7-18-14(17)19(13)8-10-2-1-5-20-10/h3-4,6,10,13H,1-2,5,7-8H2,(H2,17,18). The highest BCUT2D eigenvalue weighted by Crippen LogP contribution is 2.31. The molecule has 0 spiro atoms. The van der Waals surface area contributed by atoms with Gasteiger partial charge in [-0.1, -0.05) is 29.3 Å². The molecule has 0 radical (unpaired) electrons. The van der Waals surface area contributed by atoms with Gasteiger partial charge in [0, 0.05) is 13.2 Å². The molecule has 1 saturated heterocycles. The highest BCUT2D eigenvalue weighted by Gasteiger charge is 2.31. The van der Waals surface area contributed by atoms with Gasteiger partial charge in [-0.25, -0.2) is 0 Å². The molecule has 0 bridgehead atoms. The van der Waals surface area contributed by atoms with E-state index in [4.69, 9.17) is 33.7 Å². The Morgan fingerprint density at radius 3 is 2.90 bits per heavy atom. The topological polar surface area (TPSA) is 50.8 Å². The van der Waals surface area contributed by atoms with Crippen molar-refractivity contribution in [1.29, 1.82) is 0 Å². The largest absolute Gasteiger partial charge is 0.376 e. The maximum Gasteiger partial charge on any atom is 0.192 e. The third-order valence-corrected chi connectivity index (χ3v) is 4.59. The molecule has 6 heteroatoms. The van der Waals surface area contributed by atoms with Gasteiger partial charge in [0.05, 0.1) is 28.7 Å². The van der Waals surface area contributed by atoms with Crippen LogP contribution in [0.25, 0.3) is 0 Å². The van der Waals surface area contributed by atoms with E-state index in [1.165, 1.54) is 0 Å². The molecule has 2 aliphatic heterocycles. The predicted molar refractivity (Wildman–Crippen MR) is 81.4 cm³/mol. The second-order valence-electron chi connectivity index (χ2n) is 5.18. The van der Waals surface area contributed by atoms with Crippen LogP contribution in [0.5, 0.6) is 0 Å². The van der Waals surface area contributed by atoms with Crippen LogP contribution in [0.3, 0.4) is 0 Å². The molecule has 0 aliphatic carbocycles. The minimum absolute atomic E-state index is 0.119. The molecule has 2 N–H and O–H groups in total. The van der Waals surface area contributed by atoms with Gasteiger partial charge in [0.1, 0.15) is 0 Å². The molecule has 0 aromatic heterocycles. The summed E-state index contributed by atoms with van der Waals surface area (Å²) in [5.41, 5.74) is 7.10. The molecule has 1 fully saturated rings. The zero-order valence-corrected chi connectivity index (χ0v) is 12.6. The van der Waals surface area contributed by atoms with E-state index in [0.717, 1.165) is 31.6 Å². The number of benzene rings is 1. The van der Waals surface area contributed by atoms with E-state index in [-0.39, 0.29) is 12.1 Å². The van der Waals surface area contributed by atoms with Crippen molar-refractivity contribution in [2.24, 2.45) is 10.7 Å². The summed E-state index contributed by atoms with van der Waals surface area (Å²) in [7, 11) is 0. The SMILES string of the molecule is NC1=NCC(c2ccc(Cl)c(Cl)c2)N1CC1CCCO1. The average Bonchev–Trinajstić information content (AvgIpc) is 3.05. The van der Waals surface area contributed by atoms with Crippen LogP contribution in [0.2, 0.25) is 10.0 Å². The van der Waals surface area contributed by atoms with Crippen molar-refractivity contribution in [3.63, 3.8) is 0 Å². The number of nitrogens with zero attached hydrogens (tertiary/aromatic N) is 2. The van der Waals surface area contributed by atoms with Gasteiger partial charge in [0.25, 0.3) is 0 Å². The molecule has 2 heterocycles. The molecule has 3 rings (SSSR count). The van der Waals surface area contributed by atoms with Crippen LogP contribution in [0, 0.1) is 0 Å². The van der Waals surface area contributed by atoms with Gasteiger partial charge in [-0.3, -0.25) is 4.99 Å². The van der Waals surface area contributed by atoms with Crippen LogP contribution in [-0.2, 0) is 4.74 Å². The smallest absolute Gasteiger partial charge is 0.192 e. The first-order chi connectivity index (χ1) is 9.65. The molecule has 1 aromatic rings. The number of hydrogen-bond acceptors (Lipinski definition) is 4. The van der Waals surface area contributed by atoms with Crippen molar-refractivity contribution in [3.8, 4) is 0 Å². The average molecular weight is 314 g/mol. The molecule has 0 saturated carbocycles. The van der Waals surface area contributed by atoms with Crippen LogP contribution >= 0.6 is 23.2 Å². The lowest BCUT2D eigenvalue weighted by atomic mass is 10.1. The number of hydrogen-bond donors (Lipinski definition) is 1. The van der Waals surface area contributed by atoms with Gasteiger partial charge in [0.15, 0.2) is 5.96 Å². The Morgan fingerprint density at radius 1 is 1.35 bits per heavy atom. The summed E-state index contributed by atoms with van der Waals surface area (Å²) in [5, 5.41) is 1.12. The van der Waals surface area contributed by atoms with Gasteiger partial charge >= 0.3 is 0 Å². The first-order valence-corrected chi connectivity index (χ1v) is 7.54. The van der Waals surface area contributed by atoms with Crippen LogP contribution < -0.4 is 5.73 Å². The van der Waals surface area contributed by atoms with Crippen LogP contribution in [0.15, 0.2) is 23.2 Å². The fourth-order valence-electron chi connectivity index (χ4n) is 2.76. The molecule has 108 valence electrons. The summed E-state index contributed by atoms with van der Waals surface area (Å²) in [6.45, 7) is 2.27. The van der Waals surface area contributed by atoms with Crippen LogP contribution in [0.4, 0.5) is 0 Å². The molecule has 1 aromatic carbocycles. The van der Waals surface area contributed by atoms with E-state index < -0.39 is 0 Å². The number of rotatable bonds is 3. The third kappa shape index (κ3) is 2.73. The summed E-state index contributed by atoms with van der Waals surface area (Å²) in [5.74, 6) is 0.580. The van der Waals surface area contributed by atoms with Crippen molar-refractivity contribution in [2.45, 2.75) is 25.0 Å². The quantitative estimate of drug-likeness (QED) is 0.933. The first kappa shape index (κ1) is 14.0. The predicted octanol–water partition coefficient (Wildman–Crippen LogP) is 2.84. The third-order valence-electron chi connectivity index (χ3n) is 3.85. The molecule has 2 atom stereocenters. The minimum atomic E-state index is 0.119. The Bertz CT molecular complexity index is 529. The number of halogens is 2. The molecular formula is C14H17Cl2N3O. The Kier molecular flexibility index (Phi) is 4.06. The van der Waals surface area contributed by atoms with Crippen molar-refractivity contribution >= 4 is 29.2 Å². The fourth-order valence-corrected chi connectivity index (χ4v) is 3.07. The molecule has 2 unspecified atom stereocenters. The summed E-state index contributed by atoms with van der Waals surface area (Å²) >= 11 is 12.1. The van der Waals surface area contributed by atoms with E-state index in [1.54, 1.807) is 0 Å². The van der Waals surface area contributed by atoms with E-state index in [1.807, 2.05) is 18.2 Å². The number of ether oxygens (including phenoxy) is 1. The second-order valence-corrected chi connectivity index (χ2v) is 5.99. The van der Waals surface area contributed by atoms with Gasteiger partial charge in [-0.05, 0) is 30.5 Å². The number of guanidine groups is 1. The van der Waals surface area contributed by atoms with Crippen LogP contribution in [-0.4, -0.2) is 36.7 Å². The lowest BCUT2D eigenvalue weighted by Gasteiger charge is -2.29. The maximum atomic E-state index is 6.10. The summed E-state index contributed by atoms with van der Waals surface area (Å²) < 4.78 is 5.69. The zero-order chi connectivity index (χ0) is 14.1. The van der Waals surface area contributed by atoms with E-state index in [9.17, 15) is 0 Å². The van der Waals surface area contributed by atoms with Crippen molar-refractivity contribution in [3.05, 3.63) is 33.8 Å². The Morgan fingerprint density at radius 2 is 2.20 bits per heavy atom. The second kappa shape index (κ2) is 5.80. The molecule has 20 heavy (non-hydrogen) atoms. The van der Waals surface area contributed by atoms with Crippen LogP contribution in [0.1, 0.15) is 24.4 Å². The first-order valence-electron chi connectivity index (χ1n) is 6.78. The summed E-state index contributed by atoms with van der Waals surface area (Å²) in [6, 6.07) is 5.81. The van der Waals surface area contributed by atoms with E-state index in [0.29, 0.717) is 22.5 Å². The van der Waals surface area contributed by atoms with Gasteiger partial charge in [0.2, 0.25) is 0 Å². The van der Waals surface area contributed by atoms with E-state index in [2.05, 4.69) is 9.89 Å². The summed E-state index contributed by atoms with van der Waals surface area (Å²) in [4.78, 5) is 6.46. The zero-order valence-electron chi connectivity index (χ0n) is 11.1. The Balaban J connectivity index is 1.78. The lowest BCUT2D eigenvalue weighted by molar-refractivity contribution is 0.0853. The monoisotopic (exact) mass is 313 g/mol. The maximum absolute atomic E-state index is 6.10. The normalized spacial score (nSPS) is 26.1. The number of aliphatic imine (C=N–C) groups is 1. The van der Waals surface area contributed by atoms with Gasteiger partial charge in [-0.15, -0.1) is 0 Å². The minimum Gasteiger partial charge on any atom is -0.376 e. The molecule has 4 nitrogen and oxygen atoms in total. The van der Waals surface area contributed by atoms with Gasteiger partial charge in [-0.2, -0.15) is 0 Å². The Labute approximate surface area is 128 Å². The molecule has 2 aliphatic rings. The highest BCUT2D eigenvalue weighted by atomic mass is 35.5. The highest BCUT2D eigenvalue weighted by molar-refractivity contribution is 6.42. The van der Waals surface area contributed by atoms with Crippen molar-refractivity contribution in [1.82, 2.24) is 4.90 Å². The van der Waals surface area contributed by atoms with Crippen molar-refractivity contribution in [2.75, 3.05) is 19.7 Å². The summed E-state index contributed by atoms with van der Waals surface area (Å²) in [6.07, 6.45) is 2.44. The number of nitrogens with two attached hydrogens (primary N) is 1. The van der Waals surface area contributed by atoms with Gasteiger partial charge < -0.3 is 15.4 Å². The lowest BCUT2D eigenvalue weighted by Crippen LogP contribution is -2.41. The Hall–Kier alpha value is -0.970. The van der Waals surface area contributed by atoms with E-state index >= 15 is 0 Å². The molecular weight excluding hydrogens is 297 g/mol. The fraction of sp³-hybridized carbons (Fsp3) is 0.500. The molecule has 0 amide bonds. The van der Waals surface area contributed by atoms with Crippen molar-refractivity contribution < 1.29 is 4.74 Å².